The minimum atomic E-state index is -3.97. The highest BCUT2D eigenvalue weighted by atomic mass is 32.2. The highest BCUT2D eigenvalue weighted by molar-refractivity contribution is 7.89. The first kappa shape index (κ1) is 19.3. The van der Waals surface area contributed by atoms with Crippen LogP contribution in [0.1, 0.15) is 0 Å². The lowest BCUT2D eigenvalue weighted by Gasteiger charge is -2.04. The number of nitro groups is 1. The zero-order valence-electron chi connectivity index (χ0n) is 13.1. The molecule has 1 N–H and O–H groups in total. The Bertz CT molecular complexity index is 984. The second-order valence-corrected chi connectivity index (χ2v) is 6.56. The normalized spacial score (nSPS) is 10.7. The number of halogens is 2. The van der Waals surface area contributed by atoms with Gasteiger partial charge < -0.3 is 4.74 Å². The van der Waals surface area contributed by atoms with Crippen LogP contribution in [0.15, 0.2) is 47.4 Å². The van der Waals surface area contributed by atoms with Crippen molar-refractivity contribution in [2.24, 2.45) is 0 Å². The molecule has 0 amide bonds. The van der Waals surface area contributed by atoms with Gasteiger partial charge in [-0.05, 0) is 18.2 Å². The predicted octanol–water partition coefficient (Wildman–Crippen LogP) is 2.23. The number of ether oxygens (including phenoxy) is 1. The van der Waals surface area contributed by atoms with Gasteiger partial charge >= 0.3 is 0 Å². The van der Waals surface area contributed by atoms with E-state index in [-0.39, 0.29) is 29.5 Å². The van der Waals surface area contributed by atoms with Crippen LogP contribution >= 0.6 is 0 Å². The van der Waals surface area contributed by atoms with Crippen LogP contribution in [0.5, 0.6) is 5.75 Å². The van der Waals surface area contributed by atoms with Gasteiger partial charge in [-0.1, -0.05) is 17.9 Å². The average molecular weight is 382 g/mol. The smallest absolute Gasteiger partial charge is 0.270 e. The third kappa shape index (κ3) is 5.23. The van der Waals surface area contributed by atoms with E-state index in [1.165, 1.54) is 18.2 Å². The van der Waals surface area contributed by atoms with Gasteiger partial charge in [0.05, 0.1) is 16.4 Å². The Morgan fingerprint density at radius 2 is 1.92 bits per heavy atom. The Morgan fingerprint density at radius 3 is 2.62 bits per heavy atom. The molecule has 136 valence electrons. The maximum Gasteiger partial charge on any atom is 0.270 e. The molecule has 0 aliphatic heterocycles. The molecular weight excluding hydrogens is 370 g/mol. The molecule has 2 aromatic carbocycles. The first-order chi connectivity index (χ1) is 12.3. The molecule has 2 rings (SSSR count). The van der Waals surface area contributed by atoms with E-state index in [9.17, 15) is 27.3 Å². The van der Waals surface area contributed by atoms with Crippen molar-refractivity contribution in [1.29, 1.82) is 0 Å². The Labute approximate surface area is 147 Å². The summed E-state index contributed by atoms with van der Waals surface area (Å²) in [6, 6.07) is 7.36. The zero-order valence-corrected chi connectivity index (χ0v) is 13.9. The molecule has 7 nitrogen and oxygen atoms in total. The number of nitrogens with one attached hydrogen (secondary N) is 1. The minimum Gasteiger partial charge on any atom is -0.478 e. The van der Waals surface area contributed by atoms with Crippen molar-refractivity contribution in [3.05, 3.63) is 64.2 Å². The van der Waals surface area contributed by atoms with Crippen LogP contribution in [0, 0.1) is 33.6 Å². The van der Waals surface area contributed by atoms with E-state index in [4.69, 9.17) is 4.74 Å². The fourth-order valence-corrected chi connectivity index (χ4v) is 2.76. The quantitative estimate of drug-likeness (QED) is 0.469. The number of nitrogens with zero attached hydrogens (tertiary/aromatic N) is 1. The molecule has 0 bridgehead atoms. The maximum atomic E-state index is 13.3. The van der Waals surface area contributed by atoms with E-state index in [1.807, 2.05) is 0 Å². The van der Waals surface area contributed by atoms with Gasteiger partial charge in [0.2, 0.25) is 10.0 Å². The number of hydrogen-bond acceptors (Lipinski definition) is 5. The monoisotopic (exact) mass is 382 g/mol. The number of nitro benzene ring substituents is 1. The first-order valence-corrected chi connectivity index (χ1v) is 8.55. The molecule has 0 unspecified atom stereocenters. The van der Waals surface area contributed by atoms with E-state index in [2.05, 4.69) is 16.6 Å². The fourth-order valence-electron chi connectivity index (χ4n) is 1.80. The van der Waals surface area contributed by atoms with Crippen LogP contribution < -0.4 is 9.46 Å². The molecule has 0 saturated heterocycles. The molecular formula is C16H12F2N2O5S. The molecule has 0 saturated carbocycles. The molecule has 0 atom stereocenters. The van der Waals surface area contributed by atoms with Crippen molar-refractivity contribution >= 4 is 15.7 Å². The van der Waals surface area contributed by atoms with Crippen LogP contribution in [-0.4, -0.2) is 26.5 Å². The number of rotatable bonds is 6. The number of hydrogen-bond donors (Lipinski definition) is 1. The van der Waals surface area contributed by atoms with Gasteiger partial charge in [0, 0.05) is 18.2 Å². The van der Waals surface area contributed by atoms with Crippen molar-refractivity contribution in [3.8, 4) is 17.6 Å². The van der Waals surface area contributed by atoms with Crippen molar-refractivity contribution in [1.82, 2.24) is 4.72 Å². The van der Waals surface area contributed by atoms with Gasteiger partial charge in [-0.15, -0.1) is 0 Å². The molecule has 0 spiro atoms. The molecule has 0 aromatic heterocycles. The molecule has 26 heavy (non-hydrogen) atoms. The van der Waals surface area contributed by atoms with Gasteiger partial charge in [0.25, 0.3) is 5.69 Å². The van der Waals surface area contributed by atoms with E-state index < -0.39 is 26.6 Å². The Kier molecular flexibility index (Phi) is 6.21. The van der Waals surface area contributed by atoms with Crippen LogP contribution in [0.4, 0.5) is 14.5 Å². The van der Waals surface area contributed by atoms with Crippen LogP contribution in [0.3, 0.4) is 0 Å². The first-order valence-electron chi connectivity index (χ1n) is 7.07. The lowest BCUT2D eigenvalue weighted by atomic mass is 10.3. The predicted molar refractivity (Wildman–Crippen MR) is 87.9 cm³/mol. The van der Waals surface area contributed by atoms with Crippen molar-refractivity contribution in [2.45, 2.75) is 4.90 Å². The van der Waals surface area contributed by atoms with Crippen molar-refractivity contribution in [3.63, 3.8) is 0 Å². The number of benzene rings is 2. The third-order valence-corrected chi connectivity index (χ3v) is 4.41. The summed E-state index contributed by atoms with van der Waals surface area (Å²) in [6.07, 6.45) is 0. The second kappa shape index (κ2) is 8.37. The zero-order chi connectivity index (χ0) is 19.2. The summed E-state index contributed by atoms with van der Waals surface area (Å²) in [5.41, 5.74) is -0.353. The molecule has 0 aliphatic rings. The molecule has 2 aromatic rings. The summed E-state index contributed by atoms with van der Waals surface area (Å²) < 4.78 is 57.2. The van der Waals surface area contributed by atoms with Crippen LogP contribution in [0.2, 0.25) is 0 Å². The average Bonchev–Trinajstić information content (AvgIpc) is 2.59. The summed E-state index contributed by atoms with van der Waals surface area (Å²) in [7, 11) is -3.97. The largest absolute Gasteiger partial charge is 0.478 e. The summed E-state index contributed by atoms with van der Waals surface area (Å²) in [4.78, 5) is 9.71. The summed E-state index contributed by atoms with van der Waals surface area (Å²) >= 11 is 0. The highest BCUT2D eigenvalue weighted by Gasteiger charge is 2.16. The summed E-state index contributed by atoms with van der Waals surface area (Å²) in [6.45, 7) is -0.513. The molecule has 10 heteroatoms. The van der Waals surface area contributed by atoms with Crippen LogP contribution in [-0.2, 0) is 10.0 Å². The van der Waals surface area contributed by atoms with Gasteiger partial charge in [-0.3, -0.25) is 10.1 Å². The van der Waals surface area contributed by atoms with Crippen LogP contribution in [0.25, 0.3) is 0 Å². The molecule has 0 fully saturated rings. The maximum absolute atomic E-state index is 13.3. The fraction of sp³-hybridized carbons (Fsp3) is 0.125. The van der Waals surface area contributed by atoms with E-state index in [1.54, 1.807) is 0 Å². The lowest BCUT2D eigenvalue weighted by Crippen LogP contribution is -2.24. The molecule has 0 aliphatic carbocycles. The SMILES string of the molecule is O=[N+]([O-])c1cccc(S(=O)(=O)NCC#CCOc2ccc(F)cc2F)c1. The summed E-state index contributed by atoms with van der Waals surface area (Å²) in [5.74, 6) is 3.12. The summed E-state index contributed by atoms with van der Waals surface area (Å²) in [5, 5.41) is 10.7. The topological polar surface area (TPSA) is 98.5 Å². The van der Waals surface area contributed by atoms with Crippen molar-refractivity contribution < 1.29 is 26.9 Å². The molecule has 0 radical (unpaired) electrons. The third-order valence-electron chi connectivity index (χ3n) is 3.01. The standard InChI is InChI=1S/C16H12F2N2O5S/c17-12-6-7-16(15(18)10-12)25-9-2-1-8-19-26(23,24)14-5-3-4-13(11-14)20(21)22/h3-7,10-11,19H,8-9H2. The Hall–Kier alpha value is -3.03. The number of non-ortho nitro benzene ring substituents is 1. The highest BCUT2D eigenvalue weighted by Crippen LogP contribution is 2.18. The van der Waals surface area contributed by atoms with Crippen molar-refractivity contribution in [2.75, 3.05) is 13.2 Å². The Morgan fingerprint density at radius 1 is 1.15 bits per heavy atom. The van der Waals surface area contributed by atoms with Gasteiger partial charge in [-0.25, -0.2) is 17.2 Å². The van der Waals surface area contributed by atoms with E-state index in [0.29, 0.717) is 6.07 Å². The molecule has 0 heterocycles. The van der Waals surface area contributed by atoms with E-state index in [0.717, 1.165) is 18.2 Å². The second-order valence-electron chi connectivity index (χ2n) is 4.80. The minimum absolute atomic E-state index is 0.183. The number of sulfonamides is 1. The lowest BCUT2D eigenvalue weighted by molar-refractivity contribution is -0.385. The van der Waals surface area contributed by atoms with Gasteiger partial charge in [0.1, 0.15) is 12.4 Å². The Balaban J connectivity index is 1.90. The van der Waals surface area contributed by atoms with E-state index >= 15 is 0 Å². The van der Waals surface area contributed by atoms with Gasteiger partial charge in [0.15, 0.2) is 11.6 Å². The van der Waals surface area contributed by atoms with Gasteiger partial charge in [-0.2, -0.15) is 4.72 Å².